The first-order valence-electron chi connectivity index (χ1n) is 14.1. The molecule has 11 heteroatoms. The molecule has 0 saturated carbocycles. The number of esters is 1. The van der Waals surface area contributed by atoms with Crippen LogP contribution in [0.1, 0.15) is 55.6 Å². The van der Waals surface area contributed by atoms with E-state index in [0.717, 1.165) is 5.56 Å². The lowest BCUT2D eigenvalue weighted by Gasteiger charge is -2.25. The lowest BCUT2D eigenvalue weighted by atomic mass is 9.97. The summed E-state index contributed by atoms with van der Waals surface area (Å²) in [5.41, 5.74) is 7.16. The number of anilines is 1. The summed E-state index contributed by atoms with van der Waals surface area (Å²) in [6.45, 7) is 5.56. The molecule has 44 heavy (non-hydrogen) atoms. The molecule has 0 spiro atoms. The average Bonchev–Trinajstić information content (AvgIpc) is 3.48. The Balaban J connectivity index is 1.68. The molecule has 0 saturated heterocycles. The van der Waals surface area contributed by atoms with E-state index in [1.54, 1.807) is 75.8 Å². The first-order chi connectivity index (χ1) is 20.9. The zero-order chi connectivity index (χ0) is 31.9. The number of primary amides is 1. The molecule has 9 nitrogen and oxygen atoms in total. The first-order valence-corrected chi connectivity index (χ1v) is 14.1. The van der Waals surface area contributed by atoms with Gasteiger partial charge in [0.15, 0.2) is 0 Å². The zero-order valence-electron chi connectivity index (χ0n) is 24.7. The molecule has 1 aromatic heterocycles. The minimum atomic E-state index is -1.13. The van der Waals surface area contributed by atoms with Crippen molar-refractivity contribution in [3.8, 4) is 11.1 Å². The van der Waals surface area contributed by atoms with Crippen molar-refractivity contribution in [3.63, 3.8) is 0 Å². The first kappa shape index (κ1) is 31.9. The molecule has 4 rings (SSSR count). The number of nitrogens with zero attached hydrogens (tertiary/aromatic N) is 2. The van der Waals surface area contributed by atoms with Gasteiger partial charge in [0.25, 0.3) is 5.91 Å². The maximum Gasteiger partial charge on any atom is 0.329 e. The van der Waals surface area contributed by atoms with Crippen LogP contribution in [0.5, 0.6) is 0 Å². The van der Waals surface area contributed by atoms with Crippen molar-refractivity contribution in [3.05, 3.63) is 108 Å². The van der Waals surface area contributed by atoms with Crippen LogP contribution in [0.4, 0.5) is 14.5 Å². The van der Waals surface area contributed by atoms with Crippen molar-refractivity contribution >= 4 is 23.5 Å². The number of rotatable bonds is 12. The number of hydrogen-bond donors (Lipinski definition) is 3. The Morgan fingerprint density at radius 2 is 1.64 bits per heavy atom. The lowest BCUT2D eigenvalue weighted by Crippen LogP contribution is -2.44. The predicted octanol–water partition coefficient (Wildman–Crippen LogP) is 5.39. The van der Waals surface area contributed by atoms with E-state index in [9.17, 15) is 23.2 Å². The maximum absolute atomic E-state index is 13.8. The summed E-state index contributed by atoms with van der Waals surface area (Å²) in [5.74, 6) is -2.71. The number of nitrogens with one attached hydrogen (secondary N) is 2. The second-order valence-corrected chi connectivity index (χ2v) is 11.3. The van der Waals surface area contributed by atoms with Gasteiger partial charge in [0.2, 0.25) is 5.91 Å². The largest absolute Gasteiger partial charge is 0.458 e. The van der Waals surface area contributed by atoms with Crippen molar-refractivity contribution < 1.29 is 27.9 Å². The highest BCUT2D eigenvalue weighted by molar-refractivity contribution is 6.03. The Hall–Kier alpha value is -5.06. The molecular formula is C33H35F2N5O4. The molecule has 0 aliphatic carbocycles. The standard InChI is InChI=1S/C33H35F2N5O4/c1-33(2,3)44-32(43)28(14-15-30(36)41)39-31(42)26-13-12-25(18-27(26)21-4-8-23(34)9-5-21)38-29(19-40-17-16-37-20-40)22-6-10-24(35)11-7-22/h4-13,16-18,20,28-29,38H,14-15,19H2,1-3H3,(H2,36,41)(H,39,42)/t28-,29?/m0/s1. The number of nitrogens with two attached hydrogens (primary N) is 1. The minimum absolute atomic E-state index is 0.0465. The second kappa shape index (κ2) is 13.9. The number of imidazole rings is 1. The number of ether oxygens (including phenoxy) is 1. The Kier molecular flexibility index (Phi) is 10.1. The highest BCUT2D eigenvalue weighted by Gasteiger charge is 2.28. The third kappa shape index (κ3) is 8.97. The van der Waals surface area contributed by atoms with Gasteiger partial charge >= 0.3 is 5.97 Å². The molecule has 1 heterocycles. The topological polar surface area (TPSA) is 128 Å². The minimum Gasteiger partial charge on any atom is -0.458 e. The Bertz CT molecular complexity index is 1580. The van der Waals surface area contributed by atoms with Gasteiger partial charge in [-0.15, -0.1) is 0 Å². The van der Waals surface area contributed by atoms with E-state index >= 15 is 0 Å². The van der Waals surface area contributed by atoms with Gasteiger partial charge in [-0.05, 0) is 86.3 Å². The van der Waals surface area contributed by atoms with E-state index in [2.05, 4.69) is 15.6 Å². The molecule has 230 valence electrons. The number of aromatic nitrogens is 2. The van der Waals surface area contributed by atoms with Crippen molar-refractivity contribution in [1.29, 1.82) is 0 Å². The number of carbonyl (C=O) groups excluding carboxylic acids is 3. The van der Waals surface area contributed by atoms with Crippen LogP contribution in [0.25, 0.3) is 11.1 Å². The fourth-order valence-corrected chi connectivity index (χ4v) is 4.58. The van der Waals surface area contributed by atoms with E-state index in [1.807, 2.05) is 10.8 Å². The van der Waals surface area contributed by atoms with E-state index in [0.29, 0.717) is 23.4 Å². The third-order valence-corrected chi connectivity index (χ3v) is 6.66. The van der Waals surface area contributed by atoms with Crippen LogP contribution in [0.15, 0.2) is 85.5 Å². The quantitative estimate of drug-likeness (QED) is 0.186. The highest BCUT2D eigenvalue weighted by atomic mass is 19.1. The van der Waals surface area contributed by atoms with Gasteiger partial charge < -0.3 is 25.7 Å². The summed E-state index contributed by atoms with van der Waals surface area (Å²) in [5, 5.41) is 6.15. The summed E-state index contributed by atoms with van der Waals surface area (Å²) in [6.07, 6.45) is 4.97. The van der Waals surface area contributed by atoms with Crippen molar-refractivity contribution in [2.45, 2.75) is 57.8 Å². The van der Waals surface area contributed by atoms with Gasteiger partial charge in [0, 0.05) is 36.6 Å². The van der Waals surface area contributed by atoms with Crippen molar-refractivity contribution in [1.82, 2.24) is 14.9 Å². The number of benzene rings is 3. The summed E-state index contributed by atoms with van der Waals surface area (Å²) >= 11 is 0. The van der Waals surface area contributed by atoms with Crippen LogP contribution in [0.3, 0.4) is 0 Å². The number of hydrogen-bond acceptors (Lipinski definition) is 6. The molecule has 4 aromatic rings. The second-order valence-electron chi connectivity index (χ2n) is 11.3. The lowest BCUT2D eigenvalue weighted by molar-refractivity contribution is -0.157. The van der Waals surface area contributed by atoms with Crippen LogP contribution in [-0.4, -0.2) is 39.0 Å². The normalized spacial score (nSPS) is 12.7. The monoisotopic (exact) mass is 603 g/mol. The number of carbonyl (C=O) groups is 3. The molecule has 3 aromatic carbocycles. The van der Waals surface area contributed by atoms with E-state index < -0.39 is 35.2 Å². The molecule has 2 amide bonds. The molecule has 0 aliphatic heterocycles. The summed E-state index contributed by atoms with van der Waals surface area (Å²) in [6, 6.07) is 15.4. The fraction of sp³-hybridized carbons (Fsp3) is 0.273. The van der Waals surface area contributed by atoms with Gasteiger partial charge in [0.05, 0.1) is 12.4 Å². The van der Waals surface area contributed by atoms with E-state index in [-0.39, 0.29) is 30.3 Å². The van der Waals surface area contributed by atoms with Crippen LogP contribution in [0, 0.1) is 11.6 Å². The van der Waals surface area contributed by atoms with Crippen molar-refractivity contribution in [2.24, 2.45) is 5.73 Å². The summed E-state index contributed by atoms with van der Waals surface area (Å²) in [7, 11) is 0. The SMILES string of the molecule is CC(C)(C)OC(=O)[C@H](CCC(N)=O)NC(=O)c1ccc(NC(Cn2ccnc2)c2ccc(F)cc2)cc1-c1ccc(F)cc1. The molecule has 2 atom stereocenters. The predicted molar refractivity (Wildman–Crippen MR) is 162 cm³/mol. The van der Waals surface area contributed by atoms with Crippen LogP contribution < -0.4 is 16.4 Å². The molecule has 1 unspecified atom stereocenters. The smallest absolute Gasteiger partial charge is 0.329 e. The zero-order valence-corrected chi connectivity index (χ0v) is 24.7. The van der Waals surface area contributed by atoms with Gasteiger partial charge in [-0.2, -0.15) is 0 Å². The van der Waals surface area contributed by atoms with Gasteiger partial charge in [-0.3, -0.25) is 9.59 Å². The average molecular weight is 604 g/mol. The van der Waals surface area contributed by atoms with Gasteiger partial charge in [-0.25, -0.2) is 18.6 Å². The maximum atomic E-state index is 13.8. The van der Waals surface area contributed by atoms with Gasteiger partial charge in [0.1, 0.15) is 23.3 Å². The van der Waals surface area contributed by atoms with E-state index in [1.165, 1.54) is 24.3 Å². The molecule has 0 fully saturated rings. The summed E-state index contributed by atoms with van der Waals surface area (Å²) < 4.78 is 34.9. The van der Waals surface area contributed by atoms with E-state index in [4.69, 9.17) is 10.5 Å². The Labute approximate surface area is 254 Å². The number of amides is 2. The number of halogens is 2. The van der Waals surface area contributed by atoms with Crippen LogP contribution in [0.2, 0.25) is 0 Å². The van der Waals surface area contributed by atoms with Crippen molar-refractivity contribution in [2.75, 3.05) is 5.32 Å². The summed E-state index contributed by atoms with van der Waals surface area (Å²) in [4.78, 5) is 42.2. The van der Waals surface area contributed by atoms with Crippen LogP contribution in [-0.2, 0) is 20.9 Å². The molecular weight excluding hydrogens is 568 g/mol. The molecule has 0 radical (unpaired) electrons. The molecule has 4 N–H and O–H groups in total. The molecule has 0 bridgehead atoms. The molecule has 0 aliphatic rings. The highest BCUT2D eigenvalue weighted by Crippen LogP contribution is 2.30. The van der Waals surface area contributed by atoms with Crippen LogP contribution >= 0.6 is 0 Å². The third-order valence-electron chi connectivity index (χ3n) is 6.66. The Morgan fingerprint density at radius 1 is 0.977 bits per heavy atom. The Morgan fingerprint density at radius 3 is 2.23 bits per heavy atom. The van der Waals surface area contributed by atoms with Gasteiger partial charge in [-0.1, -0.05) is 24.3 Å². The fourth-order valence-electron chi connectivity index (χ4n) is 4.58.